The zero-order chi connectivity index (χ0) is 12.7. The highest BCUT2D eigenvalue weighted by atomic mass is 35.5. The molecule has 1 N–H and O–H groups in total. The first-order chi connectivity index (χ1) is 8.13. The third-order valence-corrected chi connectivity index (χ3v) is 3.54. The lowest BCUT2D eigenvalue weighted by atomic mass is 10.2. The molecule has 17 heavy (non-hydrogen) atoms. The molecule has 0 fully saturated rings. The fraction of sp³-hybridized carbons (Fsp3) is 0.538. The molecule has 1 aromatic carbocycles. The van der Waals surface area contributed by atoms with E-state index in [-0.39, 0.29) is 0 Å². The van der Waals surface area contributed by atoms with Crippen LogP contribution in [0.3, 0.4) is 0 Å². The van der Waals surface area contributed by atoms with Crippen LogP contribution >= 0.6 is 23.4 Å². The lowest BCUT2D eigenvalue weighted by Gasteiger charge is -2.09. The topological polar surface area (TPSA) is 21.3 Å². The second-order valence-corrected chi connectivity index (χ2v) is 6.15. The second kappa shape index (κ2) is 7.98. The lowest BCUT2D eigenvalue weighted by Crippen LogP contribution is -2.18. The van der Waals surface area contributed by atoms with Gasteiger partial charge in [0.05, 0.1) is 6.61 Å². The van der Waals surface area contributed by atoms with E-state index in [0.29, 0.717) is 5.25 Å². The smallest absolute Gasteiger partial charge is 0.0587 e. The minimum Gasteiger partial charge on any atom is -0.383 e. The van der Waals surface area contributed by atoms with Crippen LogP contribution in [0, 0.1) is 0 Å². The van der Waals surface area contributed by atoms with Crippen molar-refractivity contribution in [1.82, 2.24) is 5.32 Å². The highest BCUT2D eigenvalue weighted by Crippen LogP contribution is 2.27. The maximum atomic E-state index is 6.24. The molecule has 0 aliphatic carbocycles. The summed E-state index contributed by atoms with van der Waals surface area (Å²) in [5.74, 6) is 0. The number of halogens is 1. The maximum Gasteiger partial charge on any atom is 0.0587 e. The predicted octanol–water partition coefficient (Wildman–Crippen LogP) is 3.58. The molecule has 0 bridgehead atoms. The molecule has 0 aliphatic heterocycles. The number of ether oxygens (including phenoxy) is 1. The third-order valence-electron chi connectivity index (χ3n) is 2.19. The van der Waals surface area contributed by atoms with Gasteiger partial charge < -0.3 is 10.1 Å². The number of methoxy groups -OCH3 is 1. The molecule has 0 aliphatic rings. The first kappa shape index (κ1) is 14.8. The van der Waals surface area contributed by atoms with E-state index in [0.717, 1.165) is 30.3 Å². The van der Waals surface area contributed by atoms with E-state index in [4.69, 9.17) is 16.3 Å². The van der Waals surface area contributed by atoms with Gasteiger partial charge in [0.1, 0.15) is 0 Å². The summed E-state index contributed by atoms with van der Waals surface area (Å²) < 4.78 is 4.97. The zero-order valence-electron chi connectivity index (χ0n) is 10.6. The average Bonchev–Trinajstić information content (AvgIpc) is 2.26. The normalized spacial score (nSPS) is 11.1. The molecule has 0 amide bonds. The molecule has 0 radical (unpaired) electrons. The monoisotopic (exact) mass is 273 g/mol. The van der Waals surface area contributed by atoms with Gasteiger partial charge in [0, 0.05) is 35.4 Å². The van der Waals surface area contributed by atoms with Gasteiger partial charge in [0.15, 0.2) is 0 Å². The number of benzene rings is 1. The summed E-state index contributed by atoms with van der Waals surface area (Å²) in [5.41, 5.74) is 1.14. The summed E-state index contributed by atoms with van der Waals surface area (Å²) in [6.45, 7) is 6.71. The van der Waals surface area contributed by atoms with Crippen LogP contribution in [0.25, 0.3) is 0 Å². The third kappa shape index (κ3) is 5.77. The van der Waals surface area contributed by atoms with Crippen molar-refractivity contribution in [3.05, 3.63) is 28.8 Å². The number of nitrogens with one attached hydrogen (secondary N) is 1. The van der Waals surface area contributed by atoms with Gasteiger partial charge in [-0.25, -0.2) is 0 Å². The molecule has 1 aromatic rings. The van der Waals surface area contributed by atoms with Crippen LogP contribution in [0.4, 0.5) is 0 Å². The Labute approximate surface area is 113 Å². The lowest BCUT2D eigenvalue weighted by molar-refractivity contribution is 0.199. The van der Waals surface area contributed by atoms with E-state index in [1.165, 1.54) is 4.90 Å². The standard InChI is InChI=1S/C13H20ClNOS/c1-10(2)17-12-5-4-11(13(14)8-12)9-15-6-7-16-3/h4-5,8,10,15H,6-7,9H2,1-3H3. The van der Waals surface area contributed by atoms with Gasteiger partial charge in [-0.05, 0) is 17.7 Å². The summed E-state index contributed by atoms with van der Waals surface area (Å²) in [6, 6.07) is 6.26. The average molecular weight is 274 g/mol. The van der Waals surface area contributed by atoms with Crippen molar-refractivity contribution in [2.24, 2.45) is 0 Å². The molecule has 0 atom stereocenters. The molecule has 0 saturated carbocycles. The van der Waals surface area contributed by atoms with Crippen LogP contribution in [0.1, 0.15) is 19.4 Å². The first-order valence-corrected chi connectivity index (χ1v) is 7.04. The van der Waals surface area contributed by atoms with Gasteiger partial charge in [-0.15, -0.1) is 11.8 Å². The molecule has 4 heteroatoms. The summed E-state index contributed by atoms with van der Waals surface area (Å²) in [7, 11) is 1.70. The van der Waals surface area contributed by atoms with Gasteiger partial charge in [-0.1, -0.05) is 31.5 Å². The van der Waals surface area contributed by atoms with Gasteiger partial charge in [0.25, 0.3) is 0 Å². The molecule has 0 spiro atoms. The Morgan fingerprint density at radius 2 is 2.18 bits per heavy atom. The van der Waals surface area contributed by atoms with E-state index in [1.54, 1.807) is 7.11 Å². The number of hydrogen-bond acceptors (Lipinski definition) is 3. The molecule has 0 saturated heterocycles. The van der Waals surface area contributed by atoms with Crippen molar-refractivity contribution < 1.29 is 4.74 Å². The Bertz CT molecular complexity index is 344. The largest absolute Gasteiger partial charge is 0.383 e. The fourth-order valence-electron chi connectivity index (χ4n) is 1.41. The number of hydrogen-bond donors (Lipinski definition) is 1. The van der Waals surface area contributed by atoms with E-state index in [9.17, 15) is 0 Å². The van der Waals surface area contributed by atoms with Crippen LogP contribution in [0.5, 0.6) is 0 Å². The molecule has 1 rings (SSSR count). The van der Waals surface area contributed by atoms with Crippen molar-refractivity contribution >= 4 is 23.4 Å². The number of rotatable bonds is 7. The van der Waals surface area contributed by atoms with E-state index >= 15 is 0 Å². The van der Waals surface area contributed by atoms with Crippen LogP contribution < -0.4 is 5.32 Å². The molecule has 0 aromatic heterocycles. The second-order valence-electron chi connectivity index (χ2n) is 4.09. The molecule has 0 unspecified atom stereocenters. The highest BCUT2D eigenvalue weighted by molar-refractivity contribution is 7.99. The van der Waals surface area contributed by atoms with Crippen molar-refractivity contribution in [2.45, 2.75) is 30.5 Å². The Morgan fingerprint density at radius 3 is 2.76 bits per heavy atom. The molecular weight excluding hydrogens is 254 g/mol. The zero-order valence-corrected chi connectivity index (χ0v) is 12.2. The summed E-state index contributed by atoms with van der Waals surface area (Å²) in [5, 5.41) is 4.70. The summed E-state index contributed by atoms with van der Waals surface area (Å²) in [4.78, 5) is 1.23. The Hall–Kier alpha value is -0.220. The minimum absolute atomic E-state index is 0.580. The van der Waals surface area contributed by atoms with Crippen molar-refractivity contribution in [3.8, 4) is 0 Å². The fourth-order valence-corrected chi connectivity index (χ4v) is 2.60. The van der Waals surface area contributed by atoms with E-state index < -0.39 is 0 Å². The molecule has 0 heterocycles. The summed E-state index contributed by atoms with van der Waals surface area (Å²) in [6.07, 6.45) is 0. The van der Waals surface area contributed by atoms with Crippen LogP contribution in [0.15, 0.2) is 23.1 Å². The quantitative estimate of drug-likeness (QED) is 0.606. The van der Waals surface area contributed by atoms with Crippen LogP contribution in [-0.4, -0.2) is 25.5 Å². The van der Waals surface area contributed by atoms with Crippen LogP contribution in [-0.2, 0) is 11.3 Å². The molecule has 2 nitrogen and oxygen atoms in total. The first-order valence-electron chi connectivity index (χ1n) is 5.78. The van der Waals surface area contributed by atoms with Gasteiger partial charge in [-0.3, -0.25) is 0 Å². The minimum atomic E-state index is 0.580. The van der Waals surface area contributed by atoms with Crippen LogP contribution in [0.2, 0.25) is 5.02 Å². The predicted molar refractivity (Wildman–Crippen MR) is 76.0 cm³/mol. The Balaban J connectivity index is 2.51. The van der Waals surface area contributed by atoms with Gasteiger partial charge in [0.2, 0.25) is 0 Å². The molecular formula is C13H20ClNOS. The highest BCUT2D eigenvalue weighted by Gasteiger charge is 2.03. The van der Waals surface area contributed by atoms with Crippen molar-refractivity contribution in [2.75, 3.05) is 20.3 Å². The van der Waals surface area contributed by atoms with Gasteiger partial charge >= 0.3 is 0 Å². The maximum absolute atomic E-state index is 6.24. The molecule has 96 valence electrons. The van der Waals surface area contributed by atoms with E-state index in [2.05, 4.69) is 31.3 Å². The summed E-state index contributed by atoms with van der Waals surface area (Å²) >= 11 is 8.07. The Morgan fingerprint density at radius 1 is 1.41 bits per heavy atom. The van der Waals surface area contributed by atoms with Crippen molar-refractivity contribution in [3.63, 3.8) is 0 Å². The number of thioether (sulfide) groups is 1. The SMILES string of the molecule is COCCNCc1ccc(SC(C)C)cc1Cl. The van der Waals surface area contributed by atoms with Gasteiger partial charge in [-0.2, -0.15) is 0 Å². The van der Waals surface area contributed by atoms with E-state index in [1.807, 2.05) is 17.8 Å². The van der Waals surface area contributed by atoms with Crippen molar-refractivity contribution in [1.29, 1.82) is 0 Å². The Kier molecular flexibility index (Phi) is 6.97.